The van der Waals surface area contributed by atoms with E-state index in [-0.39, 0.29) is 24.3 Å². The molecule has 0 aliphatic carbocycles. The number of nitrogens with zero attached hydrogens (tertiary/aromatic N) is 5. The average molecular weight is 532 g/mol. The summed E-state index contributed by atoms with van der Waals surface area (Å²) in [6.45, 7) is 6.81. The molecule has 0 unspecified atom stereocenters. The van der Waals surface area contributed by atoms with Gasteiger partial charge in [0.1, 0.15) is 0 Å². The molecule has 3 aromatic rings. The molecule has 0 spiro atoms. The number of aromatic nitrogens is 2. The van der Waals surface area contributed by atoms with E-state index in [1.165, 1.54) is 0 Å². The van der Waals surface area contributed by atoms with E-state index in [4.69, 9.17) is 9.47 Å². The largest absolute Gasteiger partial charge is 0.493 e. The van der Waals surface area contributed by atoms with Crippen molar-refractivity contribution in [1.82, 2.24) is 20.0 Å². The molecule has 2 aromatic carbocycles. The zero-order valence-corrected chi connectivity index (χ0v) is 23.2. The summed E-state index contributed by atoms with van der Waals surface area (Å²) in [4.78, 5) is 31.7. The molecule has 2 heterocycles. The van der Waals surface area contributed by atoms with Crippen molar-refractivity contribution in [1.29, 1.82) is 0 Å². The van der Waals surface area contributed by atoms with E-state index in [1.807, 2.05) is 79.4 Å². The Morgan fingerprint density at radius 3 is 2.23 bits per heavy atom. The number of hydrogen-bond acceptors (Lipinski definition) is 7. The Hall–Kier alpha value is -4.14. The Balaban J connectivity index is 1.33. The number of methoxy groups -OCH3 is 2. The molecule has 0 saturated carbocycles. The second-order valence-electron chi connectivity index (χ2n) is 9.86. The molecule has 206 valence electrons. The van der Waals surface area contributed by atoms with Crippen LogP contribution in [0.25, 0.3) is 11.3 Å². The number of anilines is 1. The maximum absolute atomic E-state index is 13.2. The minimum atomic E-state index is -0.161. The van der Waals surface area contributed by atoms with E-state index in [0.29, 0.717) is 44.2 Å². The van der Waals surface area contributed by atoms with E-state index in [9.17, 15) is 9.59 Å². The Morgan fingerprint density at radius 2 is 1.62 bits per heavy atom. The monoisotopic (exact) mass is 531 g/mol. The molecule has 0 atom stereocenters. The van der Waals surface area contributed by atoms with E-state index in [2.05, 4.69) is 15.1 Å². The van der Waals surface area contributed by atoms with Crippen LogP contribution in [0, 0.1) is 5.92 Å². The molecule has 1 saturated heterocycles. The lowest BCUT2D eigenvalue weighted by molar-refractivity contribution is -0.142. The first-order valence-corrected chi connectivity index (χ1v) is 13.3. The van der Waals surface area contributed by atoms with Gasteiger partial charge in [-0.3, -0.25) is 9.59 Å². The van der Waals surface area contributed by atoms with E-state index in [1.54, 1.807) is 19.1 Å². The molecule has 1 aliphatic rings. The third-order valence-electron chi connectivity index (χ3n) is 6.93. The lowest BCUT2D eigenvalue weighted by atomic mass is 10.1. The number of ether oxygens (including phenoxy) is 2. The quantitative estimate of drug-likeness (QED) is 0.395. The molecular weight excluding hydrogens is 494 g/mol. The van der Waals surface area contributed by atoms with Crippen molar-refractivity contribution in [3.05, 3.63) is 66.2 Å². The Morgan fingerprint density at radius 1 is 0.897 bits per heavy atom. The lowest BCUT2D eigenvalue weighted by Crippen LogP contribution is -2.52. The summed E-state index contributed by atoms with van der Waals surface area (Å²) >= 11 is 0. The maximum atomic E-state index is 13.2. The van der Waals surface area contributed by atoms with Crippen molar-refractivity contribution >= 4 is 17.6 Å². The Labute approximate surface area is 230 Å². The van der Waals surface area contributed by atoms with Crippen LogP contribution in [-0.2, 0) is 16.0 Å². The van der Waals surface area contributed by atoms with Crippen molar-refractivity contribution in [3.63, 3.8) is 0 Å². The summed E-state index contributed by atoms with van der Waals surface area (Å²) in [6, 6.07) is 19.6. The number of piperazine rings is 1. The molecule has 0 radical (unpaired) electrons. The van der Waals surface area contributed by atoms with Crippen LogP contribution in [0.1, 0.15) is 19.4 Å². The predicted molar refractivity (Wildman–Crippen MR) is 151 cm³/mol. The van der Waals surface area contributed by atoms with Crippen molar-refractivity contribution in [3.8, 4) is 22.8 Å². The first-order chi connectivity index (χ1) is 18.9. The van der Waals surface area contributed by atoms with Crippen LogP contribution in [0.5, 0.6) is 11.5 Å². The maximum Gasteiger partial charge on any atom is 0.242 e. The van der Waals surface area contributed by atoms with E-state index >= 15 is 0 Å². The highest BCUT2D eigenvalue weighted by molar-refractivity contribution is 5.85. The fourth-order valence-corrected chi connectivity index (χ4v) is 4.63. The van der Waals surface area contributed by atoms with Gasteiger partial charge in [0, 0.05) is 44.2 Å². The molecule has 1 fully saturated rings. The number of carbonyl (C=O) groups is 2. The van der Waals surface area contributed by atoms with Crippen LogP contribution in [-0.4, -0.2) is 85.3 Å². The standard InChI is InChI=1S/C30H37N5O4/c1-22(2)30(37)35(15-14-23-8-6-5-7-9-23)21-29(36)34-18-16-33(17-19-34)28-13-11-25(31-32-28)24-10-12-26(38-3)27(20-24)39-4/h5-13,20,22H,14-19,21H2,1-4H3. The first kappa shape index (κ1) is 27.9. The molecule has 0 N–H and O–H groups in total. The van der Waals surface area contributed by atoms with Gasteiger partial charge >= 0.3 is 0 Å². The second kappa shape index (κ2) is 13.1. The van der Waals surface area contributed by atoms with Crippen LogP contribution in [0.2, 0.25) is 0 Å². The highest BCUT2D eigenvalue weighted by Gasteiger charge is 2.26. The predicted octanol–water partition coefficient (Wildman–Crippen LogP) is 3.54. The van der Waals surface area contributed by atoms with Gasteiger partial charge in [-0.2, -0.15) is 0 Å². The topological polar surface area (TPSA) is 88.1 Å². The number of hydrogen-bond donors (Lipinski definition) is 0. The third kappa shape index (κ3) is 7.04. The molecule has 9 heteroatoms. The summed E-state index contributed by atoms with van der Waals surface area (Å²) in [5.74, 6) is 1.88. The third-order valence-corrected chi connectivity index (χ3v) is 6.93. The lowest BCUT2D eigenvalue weighted by Gasteiger charge is -2.36. The first-order valence-electron chi connectivity index (χ1n) is 13.3. The van der Waals surface area contributed by atoms with Crippen molar-refractivity contribution in [2.24, 2.45) is 5.92 Å². The van der Waals surface area contributed by atoms with Gasteiger partial charge in [-0.05, 0) is 42.3 Å². The molecule has 4 rings (SSSR count). The number of carbonyl (C=O) groups excluding carboxylic acids is 2. The molecule has 9 nitrogen and oxygen atoms in total. The SMILES string of the molecule is COc1ccc(-c2ccc(N3CCN(C(=O)CN(CCc4ccccc4)C(=O)C(C)C)CC3)nn2)cc1OC. The molecule has 0 bridgehead atoms. The van der Waals surface area contributed by atoms with Gasteiger partial charge in [0.25, 0.3) is 0 Å². The normalized spacial score (nSPS) is 13.4. The van der Waals surface area contributed by atoms with Gasteiger partial charge in [0.15, 0.2) is 17.3 Å². The molecule has 2 amide bonds. The van der Waals surface area contributed by atoms with Crippen molar-refractivity contribution in [2.75, 3.05) is 58.4 Å². The average Bonchev–Trinajstić information content (AvgIpc) is 2.99. The minimum Gasteiger partial charge on any atom is -0.493 e. The van der Waals surface area contributed by atoms with Crippen LogP contribution in [0.4, 0.5) is 5.82 Å². The summed E-state index contributed by atoms with van der Waals surface area (Å²) in [7, 11) is 3.21. The van der Waals surface area contributed by atoms with Crippen LogP contribution < -0.4 is 14.4 Å². The van der Waals surface area contributed by atoms with Gasteiger partial charge in [-0.1, -0.05) is 44.2 Å². The highest BCUT2D eigenvalue weighted by Crippen LogP contribution is 2.31. The second-order valence-corrected chi connectivity index (χ2v) is 9.86. The minimum absolute atomic E-state index is 0.00256. The van der Waals surface area contributed by atoms with Gasteiger partial charge in [0.2, 0.25) is 11.8 Å². The molecule has 1 aliphatic heterocycles. The number of benzene rings is 2. The summed E-state index contributed by atoms with van der Waals surface area (Å²) in [5, 5.41) is 8.86. The number of amides is 2. The molecule has 1 aromatic heterocycles. The Kier molecular flexibility index (Phi) is 9.35. The summed E-state index contributed by atoms with van der Waals surface area (Å²) in [6.07, 6.45) is 0.721. The van der Waals surface area contributed by atoms with E-state index < -0.39 is 0 Å². The van der Waals surface area contributed by atoms with Crippen LogP contribution >= 0.6 is 0 Å². The van der Waals surface area contributed by atoms with Gasteiger partial charge in [-0.15, -0.1) is 10.2 Å². The van der Waals surface area contributed by atoms with Gasteiger partial charge < -0.3 is 24.2 Å². The van der Waals surface area contributed by atoms with E-state index in [0.717, 1.165) is 29.1 Å². The fourth-order valence-electron chi connectivity index (χ4n) is 4.63. The fraction of sp³-hybridized carbons (Fsp3) is 0.400. The van der Waals surface area contributed by atoms with Gasteiger partial charge in [0.05, 0.1) is 26.5 Å². The Bertz CT molecular complexity index is 1240. The smallest absolute Gasteiger partial charge is 0.242 e. The summed E-state index contributed by atoms with van der Waals surface area (Å²) in [5.41, 5.74) is 2.77. The molecular formula is C30H37N5O4. The highest BCUT2D eigenvalue weighted by atomic mass is 16.5. The number of rotatable bonds is 10. The van der Waals surface area contributed by atoms with Crippen molar-refractivity contribution in [2.45, 2.75) is 20.3 Å². The van der Waals surface area contributed by atoms with Crippen LogP contribution in [0.3, 0.4) is 0 Å². The molecule has 39 heavy (non-hydrogen) atoms. The summed E-state index contributed by atoms with van der Waals surface area (Å²) < 4.78 is 10.7. The van der Waals surface area contributed by atoms with Crippen LogP contribution in [0.15, 0.2) is 60.7 Å². The zero-order chi connectivity index (χ0) is 27.8. The zero-order valence-electron chi connectivity index (χ0n) is 23.2. The van der Waals surface area contributed by atoms with Gasteiger partial charge in [-0.25, -0.2) is 0 Å². The van der Waals surface area contributed by atoms with Crippen molar-refractivity contribution < 1.29 is 19.1 Å².